The number of nitrogens with zero attached hydrogens (tertiary/aromatic N) is 3. The van der Waals surface area contributed by atoms with Gasteiger partial charge in [-0.1, -0.05) is 37.9 Å². The number of carbonyl (C=O) groups excluding carboxylic acids is 1. The van der Waals surface area contributed by atoms with E-state index >= 15 is 0 Å². The van der Waals surface area contributed by atoms with E-state index < -0.39 is 0 Å². The zero-order chi connectivity index (χ0) is 15.2. The fraction of sp³-hybridized carbons (Fsp3) is 0.800. The van der Waals surface area contributed by atoms with E-state index in [0.29, 0.717) is 17.8 Å². The second-order valence-electron chi connectivity index (χ2n) is 5.91. The molecule has 6 heteroatoms. The van der Waals surface area contributed by atoms with Gasteiger partial charge in [-0.3, -0.25) is 4.79 Å². The molecule has 0 spiro atoms. The molecule has 1 saturated carbocycles. The van der Waals surface area contributed by atoms with E-state index in [1.54, 1.807) is 0 Å². The van der Waals surface area contributed by atoms with E-state index in [1.807, 2.05) is 0 Å². The second-order valence-corrected chi connectivity index (χ2v) is 6.85. The normalized spacial score (nSPS) is 16.4. The molecule has 0 unspecified atom stereocenters. The molecule has 5 nitrogen and oxygen atoms in total. The third kappa shape index (κ3) is 4.46. The molecule has 1 heterocycles. The van der Waals surface area contributed by atoms with Gasteiger partial charge in [0.1, 0.15) is 5.82 Å². The van der Waals surface area contributed by atoms with Crippen LogP contribution in [0.15, 0.2) is 5.16 Å². The van der Waals surface area contributed by atoms with Crippen LogP contribution in [0.2, 0.25) is 0 Å². The van der Waals surface area contributed by atoms with Gasteiger partial charge < -0.3 is 9.88 Å². The first-order valence-electron chi connectivity index (χ1n) is 7.97. The Bertz CT molecular complexity index is 466. The first-order chi connectivity index (χ1) is 10.1. The topological polar surface area (TPSA) is 59.8 Å². The van der Waals surface area contributed by atoms with Crippen LogP contribution in [0.1, 0.15) is 64.7 Å². The van der Waals surface area contributed by atoms with Crippen LogP contribution in [0.25, 0.3) is 0 Å². The average molecular weight is 310 g/mol. The monoisotopic (exact) mass is 310 g/mol. The molecule has 21 heavy (non-hydrogen) atoms. The Balaban J connectivity index is 1.87. The third-order valence-electron chi connectivity index (χ3n) is 3.87. The molecule has 0 aromatic carbocycles. The lowest BCUT2D eigenvalue weighted by molar-refractivity contribution is -0.119. The summed E-state index contributed by atoms with van der Waals surface area (Å²) in [6.45, 7) is 6.32. The average Bonchev–Trinajstić information content (AvgIpc) is 2.89. The fourth-order valence-electron chi connectivity index (χ4n) is 2.81. The molecule has 0 bridgehead atoms. The Morgan fingerprint density at radius 3 is 2.67 bits per heavy atom. The van der Waals surface area contributed by atoms with Crippen LogP contribution < -0.4 is 5.32 Å². The van der Waals surface area contributed by atoms with E-state index in [4.69, 9.17) is 0 Å². The van der Waals surface area contributed by atoms with E-state index in [0.717, 1.165) is 30.2 Å². The van der Waals surface area contributed by atoms with Gasteiger partial charge >= 0.3 is 0 Å². The lowest BCUT2D eigenvalue weighted by atomic mass is 9.95. The molecule has 1 amide bonds. The number of thioether (sulfide) groups is 1. The second kappa shape index (κ2) is 7.82. The van der Waals surface area contributed by atoms with E-state index in [1.165, 1.54) is 31.0 Å². The number of amides is 1. The summed E-state index contributed by atoms with van der Waals surface area (Å²) in [5, 5.41) is 12.4. The van der Waals surface area contributed by atoms with Gasteiger partial charge in [0, 0.05) is 18.5 Å². The lowest BCUT2D eigenvalue weighted by Gasteiger charge is -2.22. The fourth-order valence-corrected chi connectivity index (χ4v) is 3.71. The minimum atomic E-state index is 0.114. The van der Waals surface area contributed by atoms with Crippen LogP contribution >= 0.6 is 11.8 Å². The van der Waals surface area contributed by atoms with Crippen molar-refractivity contribution in [3.05, 3.63) is 5.82 Å². The highest BCUT2D eigenvalue weighted by Gasteiger charge is 2.18. The summed E-state index contributed by atoms with van der Waals surface area (Å²) in [5.41, 5.74) is 0. The number of aromatic nitrogens is 3. The van der Waals surface area contributed by atoms with Crippen molar-refractivity contribution in [2.24, 2.45) is 0 Å². The highest BCUT2D eigenvalue weighted by molar-refractivity contribution is 7.99. The molecular formula is C15H26N4OS. The van der Waals surface area contributed by atoms with Crippen LogP contribution in [0.3, 0.4) is 0 Å². The summed E-state index contributed by atoms with van der Waals surface area (Å²) in [7, 11) is 0. The summed E-state index contributed by atoms with van der Waals surface area (Å²) in [6.07, 6.45) is 6.88. The maximum atomic E-state index is 12.1. The van der Waals surface area contributed by atoms with Crippen molar-refractivity contribution >= 4 is 17.7 Å². The predicted molar refractivity (Wildman–Crippen MR) is 85.5 cm³/mol. The molecule has 1 aromatic rings. The van der Waals surface area contributed by atoms with Gasteiger partial charge in [-0.25, -0.2) is 0 Å². The summed E-state index contributed by atoms with van der Waals surface area (Å²) in [4.78, 5) is 12.1. The van der Waals surface area contributed by atoms with Crippen molar-refractivity contribution < 1.29 is 4.79 Å². The molecule has 0 radical (unpaired) electrons. The van der Waals surface area contributed by atoms with Gasteiger partial charge in [-0.2, -0.15) is 0 Å². The van der Waals surface area contributed by atoms with Crippen molar-refractivity contribution in [3.8, 4) is 0 Å². The maximum Gasteiger partial charge on any atom is 0.230 e. The molecule has 1 fully saturated rings. The first kappa shape index (κ1) is 16.3. The smallest absolute Gasteiger partial charge is 0.230 e. The van der Waals surface area contributed by atoms with Crippen molar-refractivity contribution in [1.29, 1.82) is 0 Å². The number of hydrogen-bond donors (Lipinski definition) is 1. The van der Waals surface area contributed by atoms with Gasteiger partial charge in [0.15, 0.2) is 5.16 Å². The van der Waals surface area contributed by atoms with Crippen LogP contribution in [-0.4, -0.2) is 32.5 Å². The lowest BCUT2D eigenvalue weighted by Crippen LogP contribution is -2.37. The minimum absolute atomic E-state index is 0.114. The largest absolute Gasteiger partial charge is 0.353 e. The van der Waals surface area contributed by atoms with E-state index in [-0.39, 0.29) is 5.91 Å². The van der Waals surface area contributed by atoms with Crippen LogP contribution in [0.5, 0.6) is 0 Å². The minimum Gasteiger partial charge on any atom is -0.353 e. The SMILES string of the molecule is CCc1nnc(SCC(=O)NC2CCCCC2)n1C(C)C. The molecule has 2 rings (SSSR count). The van der Waals surface area contributed by atoms with Gasteiger partial charge in [-0.05, 0) is 26.7 Å². The molecule has 0 aliphatic heterocycles. The number of carbonyl (C=O) groups is 1. The standard InChI is InChI=1S/C15H26N4OS/c1-4-13-17-18-15(19(13)11(2)3)21-10-14(20)16-12-8-6-5-7-9-12/h11-12H,4-10H2,1-3H3,(H,16,20). The van der Waals surface area contributed by atoms with Crippen LogP contribution in [0, 0.1) is 0 Å². The Morgan fingerprint density at radius 2 is 2.05 bits per heavy atom. The molecule has 118 valence electrons. The van der Waals surface area contributed by atoms with Crippen molar-refractivity contribution in [2.45, 2.75) is 76.5 Å². The highest BCUT2D eigenvalue weighted by atomic mass is 32.2. The number of aryl methyl sites for hydroxylation is 1. The van der Waals surface area contributed by atoms with Gasteiger partial charge in [0.2, 0.25) is 5.91 Å². The Morgan fingerprint density at radius 1 is 1.33 bits per heavy atom. The highest BCUT2D eigenvalue weighted by Crippen LogP contribution is 2.22. The Kier molecular flexibility index (Phi) is 6.08. The zero-order valence-corrected chi connectivity index (χ0v) is 14.1. The Hall–Kier alpha value is -1.04. The Labute approximate surface area is 131 Å². The quantitative estimate of drug-likeness (QED) is 0.821. The number of rotatable bonds is 6. The first-order valence-corrected chi connectivity index (χ1v) is 8.96. The van der Waals surface area contributed by atoms with Gasteiger partial charge in [0.25, 0.3) is 0 Å². The summed E-state index contributed by atoms with van der Waals surface area (Å²) in [5.74, 6) is 1.52. The molecule has 1 aromatic heterocycles. The van der Waals surface area contributed by atoms with Gasteiger partial charge in [-0.15, -0.1) is 10.2 Å². The zero-order valence-electron chi connectivity index (χ0n) is 13.3. The molecule has 0 atom stereocenters. The molecular weight excluding hydrogens is 284 g/mol. The summed E-state index contributed by atoms with van der Waals surface area (Å²) in [6, 6.07) is 0.694. The molecule has 1 aliphatic rings. The summed E-state index contributed by atoms with van der Waals surface area (Å²) < 4.78 is 2.12. The van der Waals surface area contributed by atoms with E-state index in [2.05, 4.69) is 40.9 Å². The summed E-state index contributed by atoms with van der Waals surface area (Å²) >= 11 is 1.49. The third-order valence-corrected chi connectivity index (χ3v) is 4.81. The maximum absolute atomic E-state index is 12.1. The van der Waals surface area contributed by atoms with Crippen molar-refractivity contribution in [2.75, 3.05) is 5.75 Å². The van der Waals surface area contributed by atoms with Gasteiger partial charge in [0.05, 0.1) is 5.75 Å². The van der Waals surface area contributed by atoms with E-state index in [9.17, 15) is 4.79 Å². The predicted octanol–water partition coefficient (Wildman–Crippen LogP) is 2.96. The van der Waals surface area contributed by atoms with Crippen LogP contribution in [-0.2, 0) is 11.2 Å². The van der Waals surface area contributed by atoms with Crippen LogP contribution in [0.4, 0.5) is 0 Å². The molecule has 1 aliphatic carbocycles. The molecule has 1 N–H and O–H groups in total. The molecule has 0 saturated heterocycles. The number of nitrogens with one attached hydrogen (secondary N) is 1. The number of hydrogen-bond acceptors (Lipinski definition) is 4. The van der Waals surface area contributed by atoms with Crippen molar-refractivity contribution in [3.63, 3.8) is 0 Å². The van der Waals surface area contributed by atoms with Crippen molar-refractivity contribution in [1.82, 2.24) is 20.1 Å².